The minimum atomic E-state index is -1.08. The van der Waals surface area contributed by atoms with Crippen LogP contribution in [-0.2, 0) is 32.0 Å². The Morgan fingerprint density at radius 1 is 0.943 bits per heavy atom. The van der Waals surface area contributed by atoms with Crippen LogP contribution < -0.4 is 16.4 Å². The van der Waals surface area contributed by atoms with Crippen molar-refractivity contribution in [2.45, 2.75) is 43.8 Å². The predicted octanol–water partition coefficient (Wildman–Crippen LogP) is 0.181. The number of likely N-dealkylation sites (tertiary alicyclic amines) is 1. The highest BCUT2D eigenvalue weighted by atomic mass is 16.4. The Bertz CT molecular complexity index is 1040. The molecule has 1 saturated heterocycles. The number of benzene rings is 2. The summed E-state index contributed by atoms with van der Waals surface area (Å²) < 4.78 is 0. The van der Waals surface area contributed by atoms with Crippen LogP contribution in [0.2, 0.25) is 0 Å². The quantitative estimate of drug-likeness (QED) is 0.323. The lowest BCUT2D eigenvalue weighted by Crippen LogP contribution is -2.57. The smallest absolute Gasteiger partial charge is 0.326 e. The second kappa shape index (κ2) is 12.0. The molecule has 186 valence electrons. The molecule has 3 rings (SSSR count). The van der Waals surface area contributed by atoms with Gasteiger partial charge in [0.15, 0.2) is 0 Å². The Labute approximate surface area is 203 Å². The van der Waals surface area contributed by atoms with Crippen LogP contribution in [0.1, 0.15) is 24.0 Å². The monoisotopic (exact) mass is 482 g/mol. The van der Waals surface area contributed by atoms with E-state index in [0.717, 1.165) is 5.56 Å². The molecule has 0 aromatic heterocycles. The van der Waals surface area contributed by atoms with Crippen molar-refractivity contribution in [1.29, 1.82) is 0 Å². The number of nitrogens with one attached hydrogen (secondary N) is 2. The second-order valence-corrected chi connectivity index (χ2v) is 8.47. The van der Waals surface area contributed by atoms with Crippen LogP contribution in [0.3, 0.4) is 0 Å². The molecule has 1 fully saturated rings. The highest BCUT2D eigenvalue weighted by molar-refractivity contribution is 5.94. The third-order valence-corrected chi connectivity index (χ3v) is 5.93. The standard InChI is InChI=1S/C25H30N4O6/c26-15-22(31)27-19(13-17-8-10-18(30)11-9-17)23(32)28-20(14-16-5-2-1-3-6-16)24(33)29-12-4-7-21(29)25(34)35/h1-3,5-6,8-11,19-21,30H,4,7,12-15,26H2,(H,27,31)(H,28,32)(H,34,35). The molecule has 2 aromatic carbocycles. The van der Waals surface area contributed by atoms with E-state index in [9.17, 15) is 29.4 Å². The maximum atomic E-state index is 13.4. The molecule has 3 amide bonds. The van der Waals surface area contributed by atoms with Gasteiger partial charge in [0, 0.05) is 19.4 Å². The first kappa shape index (κ1) is 25.7. The van der Waals surface area contributed by atoms with E-state index in [4.69, 9.17) is 5.73 Å². The van der Waals surface area contributed by atoms with Crippen molar-refractivity contribution in [3.63, 3.8) is 0 Å². The van der Waals surface area contributed by atoms with Crippen molar-refractivity contribution in [2.24, 2.45) is 5.73 Å². The average Bonchev–Trinajstić information content (AvgIpc) is 3.35. The zero-order valence-electron chi connectivity index (χ0n) is 19.2. The molecule has 6 N–H and O–H groups in total. The van der Waals surface area contributed by atoms with E-state index < -0.39 is 41.8 Å². The summed E-state index contributed by atoms with van der Waals surface area (Å²) in [5.74, 6) is -2.64. The number of amides is 3. The molecule has 35 heavy (non-hydrogen) atoms. The number of aliphatic carboxylic acids is 1. The van der Waals surface area contributed by atoms with E-state index in [0.29, 0.717) is 18.4 Å². The summed E-state index contributed by atoms with van der Waals surface area (Å²) in [6, 6.07) is 12.3. The molecular weight excluding hydrogens is 452 g/mol. The van der Waals surface area contributed by atoms with E-state index >= 15 is 0 Å². The molecular formula is C25H30N4O6. The molecule has 0 aliphatic carbocycles. The Kier molecular flexibility index (Phi) is 8.80. The van der Waals surface area contributed by atoms with Crippen molar-refractivity contribution in [3.8, 4) is 5.75 Å². The van der Waals surface area contributed by atoms with E-state index in [1.807, 2.05) is 30.3 Å². The molecule has 0 saturated carbocycles. The maximum Gasteiger partial charge on any atom is 0.326 e. The number of phenols is 1. The number of rotatable bonds is 10. The number of nitrogens with two attached hydrogens (primary N) is 1. The Balaban J connectivity index is 1.83. The van der Waals surface area contributed by atoms with Gasteiger partial charge in [0.05, 0.1) is 6.54 Å². The average molecular weight is 483 g/mol. The first-order valence-corrected chi connectivity index (χ1v) is 11.4. The van der Waals surface area contributed by atoms with Crippen LogP contribution in [0, 0.1) is 0 Å². The Morgan fingerprint density at radius 2 is 1.57 bits per heavy atom. The first-order valence-electron chi connectivity index (χ1n) is 11.4. The SMILES string of the molecule is NCC(=O)NC(Cc1ccc(O)cc1)C(=O)NC(Cc1ccccc1)C(=O)N1CCCC1C(=O)O. The van der Waals surface area contributed by atoms with Crippen LogP contribution in [0.15, 0.2) is 54.6 Å². The topological polar surface area (TPSA) is 162 Å². The van der Waals surface area contributed by atoms with Gasteiger partial charge >= 0.3 is 5.97 Å². The number of carbonyl (C=O) groups excluding carboxylic acids is 3. The van der Waals surface area contributed by atoms with Crippen LogP contribution in [0.4, 0.5) is 0 Å². The summed E-state index contributed by atoms with van der Waals surface area (Å²) in [4.78, 5) is 51.7. The van der Waals surface area contributed by atoms with Gasteiger partial charge in [-0.2, -0.15) is 0 Å². The number of aromatic hydroxyl groups is 1. The van der Waals surface area contributed by atoms with Gasteiger partial charge < -0.3 is 31.5 Å². The Hall–Kier alpha value is -3.92. The van der Waals surface area contributed by atoms with Gasteiger partial charge in [-0.05, 0) is 36.1 Å². The summed E-state index contributed by atoms with van der Waals surface area (Å²) in [6.07, 6.45) is 1.17. The highest BCUT2D eigenvalue weighted by Gasteiger charge is 2.38. The number of carboxylic acid groups (broad SMARTS) is 1. The highest BCUT2D eigenvalue weighted by Crippen LogP contribution is 2.20. The van der Waals surface area contributed by atoms with Gasteiger partial charge in [-0.1, -0.05) is 42.5 Å². The summed E-state index contributed by atoms with van der Waals surface area (Å²) in [5, 5.41) is 24.4. The number of carboxylic acids is 1. The fraction of sp³-hybridized carbons (Fsp3) is 0.360. The lowest BCUT2D eigenvalue weighted by Gasteiger charge is -2.29. The molecule has 1 aliphatic heterocycles. The third-order valence-electron chi connectivity index (χ3n) is 5.93. The number of phenolic OH excluding ortho intramolecular Hbond substituents is 1. The van der Waals surface area contributed by atoms with Crippen molar-refractivity contribution < 1.29 is 29.4 Å². The zero-order chi connectivity index (χ0) is 25.4. The van der Waals surface area contributed by atoms with Gasteiger partial charge in [-0.25, -0.2) is 4.79 Å². The van der Waals surface area contributed by atoms with Gasteiger partial charge in [-0.15, -0.1) is 0 Å². The lowest BCUT2D eigenvalue weighted by molar-refractivity contribution is -0.149. The fourth-order valence-corrected chi connectivity index (χ4v) is 4.14. The van der Waals surface area contributed by atoms with Gasteiger partial charge in [-0.3, -0.25) is 14.4 Å². The van der Waals surface area contributed by atoms with E-state index in [1.54, 1.807) is 12.1 Å². The first-order chi connectivity index (χ1) is 16.8. The van der Waals surface area contributed by atoms with E-state index in [-0.39, 0.29) is 31.7 Å². The molecule has 10 nitrogen and oxygen atoms in total. The van der Waals surface area contributed by atoms with Crippen LogP contribution in [-0.4, -0.2) is 70.0 Å². The molecule has 1 heterocycles. The van der Waals surface area contributed by atoms with Crippen LogP contribution in [0.25, 0.3) is 0 Å². The second-order valence-electron chi connectivity index (χ2n) is 8.47. The third kappa shape index (κ3) is 7.03. The van der Waals surface area contributed by atoms with Crippen LogP contribution >= 0.6 is 0 Å². The minimum absolute atomic E-state index is 0.0628. The fourth-order valence-electron chi connectivity index (χ4n) is 4.14. The van der Waals surface area contributed by atoms with Gasteiger partial charge in [0.2, 0.25) is 17.7 Å². The Morgan fingerprint density at radius 3 is 2.20 bits per heavy atom. The van der Waals surface area contributed by atoms with Gasteiger partial charge in [0.25, 0.3) is 0 Å². The zero-order valence-corrected chi connectivity index (χ0v) is 19.2. The molecule has 2 aromatic rings. The van der Waals surface area contributed by atoms with Crippen molar-refractivity contribution in [1.82, 2.24) is 15.5 Å². The number of nitrogens with zero attached hydrogens (tertiary/aromatic N) is 1. The summed E-state index contributed by atoms with van der Waals surface area (Å²) in [5.41, 5.74) is 6.89. The number of carbonyl (C=O) groups is 4. The maximum absolute atomic E-state index is 13.4. The molecule has 10 heteroatoms. The number of hydrogen-bond acceptors (Lipinski definition) is 6. The number of hydrogen-bond donors (Lipinski definition) is 5. The predicted molar refractivity (Wildman–Crippen MR) is 127 cm³/mol. The van der Waals surface area contributed by atoms with Crippen molar-refractivity contribution >= 4 is 23.7 Å². The summed E-state index contributed by atoms with van der Waals surface area (Å²) >= 11 is 0. The molecule has 0 radical (unpaired) electrons. The largest absolute Gasteiger partial charge is 0.508 e. The molecule has 0 spiro atoms. The van der Waals surface area contributed by atoms with E-state index in [1.165, 1.54) is 17.0 Å². The lowest BCUT2D eigenvalue weighted by atomic mass is 10.0. The van der Waals surface area contributed by atoms with Crippen LogP contribution in [0.5, 0.6) is 5.75 Å². The molecule has 3 unspecified atom stereocenters. The summed E-state index contributed by atoms with van der Waals surface area (Å²) in [7, 11) is 0. The minimum Gasteiger partial charge on any atom is -0.508 e. The molecule has 3 atom stereocenters. The van der Waals surface area contributed by atoms with Crippen molar-refractivity contribution in [3.05, 3.63) is 65.7 Å². The van der Waals surface area contributed by atoms with E-state index in [2.05, 4.69) is 10.6 Å². The normalized spacial score (nSPS) is 16.8. The molecule has 0 bridgehead atoms. The van der Waals surface area contributed by atoms with Gasteiger partial charge in [0.1, 0.15) is 23.9 Å². The van der Waals surface area contributed by atoms with Crippen molar-refractivity contribution in [2.75, 3.05) is 13.1 Å². The molecule has 1 aliphatic rings. The summed E-state index contributed by atoms with van der Waals surface area (Å²) in [6.45, 7) is -0.0302.